The van der Waals surface area contributed by atoms with Crippen LogP contribution in [0.15, 0.2) is 0 Å². The standard InChI is InChI=1S/C31H65NO2/c1-8-12-14-16-17-18-20-22-26-29(25-21-19-15-13-9-2)30(5,27-23-24-28-32-7)31(6,33-10-3)34-11-4/h29,32H,8-28H2,1-7H3. The smallest absolute Gasteiger partial charge is 0.170 e. The highest BCUT2D eigenvalue weighted by molar-refractivity contribution is 4.94. The van der Waals surface area contributed by atoms with Crippen LogP contribution < -0.4 is 5.32 Å². The molecule has 0 saturated carbocycles. The van der Waals surface area contributed by atoms with Crippen LogP contribution >= 0.6 is 0 Å². The van der Waals surface area contributed by atoms with Crippen LogP contribution in [0.3, 0.4) is 0 Å². The Morgan fingerprint density at radius 2 is 1.03 bits per heavy atom. The van der Waals surface area contributed by atoms with Gasteiger partial charge in [-0.25, -0.2) is 0 Å². The highest BCUT2D eigenvalue weighted by Crippen LogP contribution is 2.50. The number of hydrogen-bond acceptors (Lipinski definition) is 3. The SMILES string of the molecule is CCCCCCCCCCC(CCCCCCC)C(C)(CCCCNC)C(C)(OCC)OCC. The average molecular weight is 484 g/mol. The van der Waals surface area contributed by atoms with E-state index in [4.69, 9.17) is 9.47 Å². The van der Waals surface area contributed by atoms with Gasteiger partial charge in [0.2, 0.25) is 0 Å². The summed E-state index contributed by atoms with van der Waals surface area (Å²) in [5.41, 5.74) is 0.0403. The molecule has 0 radical (unpaired) electrons. The predicted octanol–water partition coefficient (Wildman–Crippen LogP) is 9.68. The summed E-state index contributed by atoms with van der Waals surface area (Å²) in [4.78, 5) is 0. The quantitative estimate of drug-likeness (QED) is 0.0980. The van der Waals surface area contributed by atoms with E-state index in [2.05, 4.69) is 53.9 Å². The lowest BCUT2D eigenvalue weighted by Gasteiger charge is -2.50. The van der Waals surface area contributed by atoms with Gasteiger partial charge < -0.3 is 14.8 Å². The van der Waals surface area contributed by atoms with Crippen LogP contribution in [0.1, 0.15) is 157 Å². The Balaban J connectivity index is 5.34. The van der Waals surface area contributed by atoms with Crippen LogP contribution in [-0.4, -0.2) is 32.6 Å². The van der Waals surface area contributed by atoms with Gasteiger partial charge in [0.05, 0.1) is 0 Å². The van der Waals surface area contributed by atoms with Crippen molar-refractivity contribution < 1.29 is 9.47 Å². The molecule has 0 fully saturated rings. The minimum absolute atomic E-state index is 0.0403. The van der Waals surface area contributed by atoms with Crippen LogP contribution in [0, 0.1) is 11.3 Å². The maximum absolute atomic E-state index is 6.46. The molecule has 0 aliphatic rings. The first-order chi connectivity index (χ1) is 16.5. The molecule has 0 rings (SSSR count). The number of unbranched alkanes of at least 4 members (excludes halogenated alkanes) is 12. The van der Waals surface area contributed by atoms with E-state index >= 15 is 0 Å². The molecule has 1 N–H and O–H groups in total. The molecule has 0 saturated heterocycles. The van der Waals surface area contributed by atoms with E-state index in [0.717, 1.165) is 6.54 Å². The van der Waals surface area contributed by atoms with Gasteiger partial charge in [-0.15, -0.1) is 0 Å². The van der Waals surface area contributed by atoms with Crippen LogP contribution in [0.4, 0.5) is 0 Å². The monoisotopic (exact) mass is 484 g/mol. The molecule has 0 spiro atoms. The molecule has 0 amide bonds. The van der Waals surface area contributed by atoms with Crippen LogP contribution in [0.25, 0.3) is 0 Å². The molecule has 206 valence electrons. The summed E-state index contributed by atoms with van der Waals surface area (Å²) < 4.78 is 12.9. The van der Waals surface area contributed by atoms with Crippen molar-refractivity contribution in [3.63, 3.8) is 0 Å². The first kappa shape index (κ1) is 33.9. The van der Waals surface area contributed by atoms with Crippen molar-refractivity contribution in [1.29, 1.82) is 0 Å². The third-order valence-corrected chi connectivity index (χ3v) is 8.21. The zero-order valence-electron chi connectivity index (χ0n) is 24.7. The van der Waals surface area contributed by atoms with Crippen molar-refractivity contribution in [2.45, 2.75) is 163 Å². The van der Waals surface area contributed by atoms with E-state index in [1.54, 1.807) is 0 Å². The molecule has 2 unspecified atom stereocenters. The van der Waals surface area contributed by atoms with Crippen molar-refractivity contribution in [3.05, 3.63) is 0 Å². The molecule has 2 atom stereocenters. The molecule has 0 aromatic rings. The minimum atomic E-state index is -0.510. The second-order valence-corrected chi connectivity index (χ2v) is 11.0. The van der Waals surface area contributed by atoms with Gasteiger partial charge in [-0.05, 0) is 66.0 Å². The molecule has 0 heterocycles. The van der Waals surface area contributed by atoms with Crippen molar-refractivity contribution in [2.24, 2.45) is 11.3 Å². The minimum Gasteiger partial charge on any atom is -0.350 e. The Labute approximate surface area is 215 Å². The van der Waals surface area contributed by atoms with Gasteiger partial charge in [0.15, 0.2) is 5.79 Å². The summed E-state index contributed by atoms with van der Waals surface area (Å²) in [6.07, 6.45) is 24.2. The molecule has 0 bridgehead atoms. The molecule has 3 nitrogen and oxygen atoms in total. The van der Waals surface area contributed by atoms with Crippen molar-refractivity contribution >= 4 is 0 Å². The van der Waals surface area contributed by atoms with Gasteiger partial charge >= 0.3 is 0 Å². The van der Waals surface area contributed by atoms with E-state index in [1.165, 1.54) is 116 Å². The normalized spacial score (nSPS) is 14.9. The van der Waals surface area contributed by atoms with Crippen molar-refractivity contribution in [2.75, 3.05) is 26.8 Å². The van der Waals surface area contributed by atoms with Gasteiger partial charge in [0.1, 0.15) is 0 Å². The Kier molecular flexibility index (Phi) is 22.0. The summed E-state index contributed by atoms with van der Waals surface area (Å²) in [6, 6.07) is 0. The highest BCUT2D eigenvalue weighted by Gasteiger charge is 2.50. The lowest BCUT2D eigenvalue weighted by Crippen LogP contribution is -2.53. The molecule has 0 aromatic heterocycles. The zero-order valence-corrected chi connectivity index (χ0v) is 24.7. The van der Waals surface area contributed by atoms with Crippen LogP contribution in [0.2, 0.25) is 0 Å². The molecular formula is C31H65NO2. The first-order valence-electron chi connectivity index (χ1n) is 15.4. The molecule has 0 aromatic carbocycles. The Morgan fingerprint density at radius 3 is 1.44 bits per heavy atom. The summed E-state index contributed by atoms with van der Waals surface area (Å²) in [7, 11) is 2.06. The second kappa shape index (κ2) is 22.1. The second-order valence-electron chi connectivity index (χ2n) is 11.0. The summed E-state index contributed by atoms with van der Waals surface area (Å²) in [5, 5.41) is 3.33. The summed E-state index contributed by atoms with van der Waals surface area (Å²) in [6.45, 7) is 16.1. The van der Waals surface area contributed by atoms with Gasteiger partial charge in [-0.3, -0.25) is 0 Å². The number of hydrogen-bond donors (Lipinski definition) is 1. The Hall–Kier alpha value is -0.120. The molecule has 34 heavy (non-hydrogen) atoms. The largest absolute Gasteiger partial charge is 0.350 e. The highest BCUT2D eigenvalue weighted by atomic mass is 16.7. The van der Waals surface area contributed by atoms with Gasteiger partial charge in [-0.2, -0.15) is 0 Å². The maximum Gasteiger partial charge on any atom is 0.170 e. The predicted molar refractivity (Wildman–Crippen MR) is 152 cm³/mol. The van der Waals surface area contributed by atoms with Crippen molar-refractivity contribution in [1.82, 2.24) is 5.32 Å². The Bertz CT molecular complexity index is 422. The molecule has 0 aliphatic heterocycles. The molecule has 0 aliphatic carbocycles. The zero-order chi connectivity index (χ0) is 25.5. The fourth-order valence-electron chi connectivity index (χ4n) is 5.82. The average Bonchev–Trinajstić information content (AvgIpc) is 2.82. The fraction of sp³-hybridized carbons (Fsp3) is 1.00. The van der Waals surface area contributed by atoms with E-state index in [0.29, 0.717) is 19.1 Å². The topological polar surface area (TPSA) is 30.5 Å². The van der Waals surface area contributed by atoms with Crippen LogP contribution in [-0.2, 0) is 9.47 Å². The van der Waals surface area contributed by atoms with Gasteiger partial charge in [-0.1, -0.05) is 111 Å². The van der Waals surface area contributed by atoms with E-state index in [1.807, 2.05) is 0 Å². The van der Waals surface area contributed by atoms with Crippen molar-refractivity contribution in [3.8, 4) is 0 Å². The fourth-order valence-corrected chi connectivity index (χ4v) is 5.82. The van der Waals surface area contributed by atoms with E-state index < -0.39 is 5.79 Å². The van der Waals surface area contributed by atoms with Gasteiger partial charge in [0.25, 0.3) is 0 Å². The number of ether oxygens (including phenoxy) is 2. The number of rotatable bonds is 26. The van der Waals surface area contributed by atoms with Crippen LogP contribution in [0.5, 0.6) is 0 Å². The van der Waals surface area contributed by atoms with E-state index in [9.17, 15) is 0 Å². The number of nitrogens with one attached hydrogen (secondary N) is 1. The summed E-state index contributed by atoms with van der Waals surface area (Å²) in [5.74, 6) is 0.150. The maximum atomic E-state index is 6.46. The molecular weight excluding hydrogens is 418 g/mol. The summed E-state index contributed by atoms with van der Waals surface area (Å²) >= 11 is 0. The van der Waals surface area contributed by atoms with Gasteiger partial charge in [0, 0.05) is 18.6 Å². The first-order valence-corrected chi connectivity index (χ1v) is 15.4. The third kappa shape index (κ3) is 13.8. The lowest BCUT2D eigenvalue weighted by molar-refractivity contribution is -0.298. The molecule has 3 heteroatoms. The third-order valence-electron chi connectivity index (χ3n) is 8.21. The van der Waals surface area contributed by atoms with E-state index in [-0.39, 0.29) is 5.41 Å². The Morgan fingerprint density at radius 1 is 0.588 bits per heavy atom. The lowest BCUT2D eigenvalue weighted by atomic mass is 9.64.